The number of rotatable bonds is 7. The molecule has 2 N–H and O–H groups in total. The van der Waals surface area contributed by atoms with Gasteiger partial charge in [-0.05, 0) is 57.4 Å². The molecule has 0 aromatic heterocycles. The van der Waals surface area contributed by atoms with Gasteiger partial charge in [-0.15, -0.1) is 0 Å². The summed E-state index contributed by atoms with van der Waals surface area (Å²) in [5.74, 6) is 0.781. The zero-order valence-electron chi connectivity index (χ0n) is 17.7. The summed E-state index contributed by atoms with van der Waals surface area (Å²) < 4.78 is 5.23. The Hall–Kier alpha value is -1.14. The molecular formula is C22H39N3O3. The Morgan fingerprint density at radius 2 is 1.75 bits per heavy atom. The van der Waals surface area contributed by atoms with Gasteiger partial charge in [-0.3, -0.25) is 14.5 Å². The number of nitrogens with zero attached hydrogens (tertiary/aromatic N) is 2. The molecule has 28 heavy (non-hydrogen) atoms. The molecular weight excluding hydrogens is 354 g/mol. The minimum absolute atomic E-state index is 0.186. The summed E-state index contributed by atoms with van der Waals surface area (Å²) in [5, 5.41) is 0. The second kappa shape index (κ2) is 10.1. The topological polar surface area (TPSA) is 75.9 Å². The Bertz CT molecular complexity index is 527. The van der Waals surface area contributed by atoms with E-state index in [-0.39, 0.29) is 5.91 Å². The fourth-order valence-corrected chi connectivity index (χ4v) is 5.55. The van der Waals surface area contributed by atoms with Crippen molar-refractivity contribution in [1.82, 2.24) is 9.80 Å². The van der Waals surface area contributed by atoms with E-state index in [2.05, 4.69) is 9.80 Å². The molecule has 0 radical (unpaired) electrons. The van der Waals surface area contributed by atoms with Crippen LogP contribution in [0.2, 0.25) is 0 Å². The first-order chi connectivity index (χ1) is 13.5. The number of primary amides is 1. The third-order valence-electron chi connectivity index (χ3n) is 7.44. The van der Waals surface area contributed by atoms with Crippen LogP contribution < -0.4 is 5.73 Å². The van der Waals surface area contributed by atoms with E-state index in [1.54, 1.807) is 7.11 Å². The van der Waals surface area contributed by atoms with Crippen molar-refractivity contribution in [2.75, 3.05) is 39.9 Å². The normalized spacial score (nSPS) is 28.4. The lowest BCUT2D eigenvalue weighted by Crippen LogP contribution is -2.56. The molecule has 1 unspecified atom stereocenters. The summed E-state index contributed by atoms with van der Waals surface area (Å²) in [6.45, 7) is 4.06. The standard InChI is InChI=1S/C22H39N3O3/c1-28-15-11-22(21(23)27)10-5-12-25(17-22)19-8-13-24(14-9-19)20(26)16-18-6-3-2-4-7-18/h18-19H,2-17H2,1H3,(H2,23,27). The van der Waals surface area contributed by atoms with E-state index >= 15 is 0 Å². The van der Waals surface area contributed by atoms with E-state index in [0.717, 1.165) is 58.3 Å². The SMILES string of the molecule is COCCC1(C(N)=O)CCCN(C2CCN(C(=O)CC3CCCCC3)CC2)C1. The van der Waals surface area contributed by atoms with Crippen LogP contribution >= 0.6 is 0 Å². The molecule has 0 spiro atoms. The molecule has 0 bridgehead atoms. The summed E-state index contributed by atoms with van der Waals surface area (Å²) in [6, 6.07) is 0.459. The number of hydrogen-bond acceptors (Lipinski definition) is 4. The summed E-state index contributed by atoms with van der Waals surface area (Å²) in [4.78, 5) is 29.5. The molecule has 160 valence electrons. The Balaban J connectivity index is 1.49. The molecule has 2 aliphatic heterocycles. The lowest BCUT2D eigenvalue weighted by Gasteiger charge is -2.46. The minimum atomic E-state index is -0.456. The second-order valence-electron chi connectivity index (χ2n) is 9.28. The third-order valence-corrected chi connectivity index (χ3v) is 7.44. The summed E-state index contributed by atoms with van der Waals surface area (Å²) >= 11 is 0. The molecule has 6 heteroatoms. The molecule has 1 aliphatic carbocycles. The number of hydrogen-bond donors (Lipinski definition) is 1. The number of methoxy groups -OCH3 is 1. The Labute approximate surface area is 170 Å². The zero-order valence-corrected chi connectivity index (χ0v) is 17.7. The predicted molar refractivity (Wildman–Crippen MR) is 110 cm³/mol. The number of ether oxygens (including phenoxy) is 1. The Morgan fingerprint density at radius 1 is 1.04 bits per heavy atom. The molecule has 2 saturated heterocycles. The number of carbonyl (C=O) groups is 2. The first-order valence-corrected chi connectivity index (χ1v) is 11.3. The molecule has 0 aromatic rings. The van der Waals surface area contributed by atoms with Gasteiger partial charge in [-0.2, -0.15) is 0 Å². The summed E-state index contributed by atoms with van der Waals surface area (Å²) in [6.07, 6.45) is 11.7. The van der Waals surface area contributed by atoms with Crippen molar-refractivity contribution in [3.8, 4) is 0 Å². The second-order valence-corrected chi connectivity index (χ2v) is 9.28. The molecule has 1 saturated carbocycles. The zero-order chi connectivity index (χ0) is 20.0. The van der Waals surface area contributed by atoms with Crippen LogP contribution in [0.3, 0.4) is 0 Å². The van der Waals surface area contributed by atoms with Gasteiger partial charge in [0.25, 0.3) is 0 Å². The highest BCUT2D eigenvalue weighted by atomic mass is 16.5. The fourth-order valence-electron chi connectivity index (χ4n) is 5.55. The summed E-state index contributed by atoms with van der Waals surface area (Å²) in [7, 11) is 1.68. The number of nitrogens with two attached hydrogens (primary N) is 1. The van der Waals surface area contributed by atoms with Crippen LogP contribution in [0.4, 0.5) is 0 Å². The first kappa shape index (κ1) is 21.6. The Kier molecular flexibility index (Phi) is 7.75. The summed E-state index contributed by atoms with van der Waals surface area (Å²) in [5.41, 5.74) is 5.36. The lowest BCUT2D eigenvalue weighted by molar-refractivity contribution is -0.135. The Morgan fingerprint density at radius 3 is 2.39 bits per heavy atom. The number of amides is 2. The van der Waals surface area contributed by atoms with Gasteiger partial charge < -0.3 is 15.4 Å². The van der Waals surface area contributed by atoms with Gasteiger partial charge in [0.15, 0.2) is 0 Å². The van der Waals surface area contributed by atoms with Crippen molar-refractivity contribution in [2.45, 2.75) is 76.7 Å². The highest BCUT2D eigenvalue weighted by Gasteiger charge is 2.42. The largest absolute Gasteiger partial charge is 0.385 e. The van der Waals surface area contributed by atoms with E-state index in [1.165, 1.54) is 32.1 Å². The predicted octanol–water partition coefficient (Wildman–Crippen LogP) is 2.55. The van der Waals surface area contributed by atoms with E-state index in [4.69, 9.17) is 10.5 Å². The van der Waals surface area contributed by atoms with Crippen molar-refractivity contribution in [2.24, 2.45) is 17.1 Å². The minimum Gasteiger partial charge on any atom is -0.385 e. The van der Waals surface area contributed by atoms with Gasteiger partial charge in [0.05, 0.1) is 5.41 Å². The molecule has 0 aromatic carbocycles. The number of likely N-dealkylation sites (tertiary alicyclic amines) is 2. The van der Waals surface area contributed by atoms with E-state index < -0.39 is 5.41 Å². The van der Waals surface area contributed by atoms with Gasteiger partial charge in [0.2, 0.25) is 11.8 Å². The van der Waals surface area contributed by atoms with E-state index in [9.17, 15) is 9.59 Å². The molecule has 3 fully saturated rings. The maximum absolute atomic E-state index is 12.7. The van der Waals surface area contributed by atoms with Gasteiger partial charge in [0, 0.05) is 45.8 Å². The van der Waals surface area contributed by atoms with Gasteiger partial charge in [-0.25, -0.2) is 0 Å². The van der Waals surface area contributed by atoms with Crippen LogP contribution in [0, 0.1) is 11.3 Å². The molecule has 2 heterocycles. The fraction of sp³-hybridized carbons (Fsp3) is 0.909. The maximum Gasteiger partial charge on any atom is 0.225 e. The van der Waals surface area contributed by atoms with Crippen LogP contribution in [0.25, 0.3) is 0 Å². The third kappa shape index (κ3) is 5.26. The average molecular weight is 394 g/mol. The van der Waals surface area contributed by atoms with Crippen molar-refractivity contribution in [3.05, 3.63) is 0 Å². The smallest absolute Gasteiger partial charge is 0.225 e. The molecule has 3 aliphatic rings. The van der Waals surface area contributed by atoms with Crippen LogP contribution in [-0.4, -0.2) is 67.6 Å². The number of piperidine rings is 2. The highest BCUT2D eigenvalue weighted by Crippen LogP contribution is 2.36. The lowest BCUT2D eigenvalue weighted by atomic mass is 9.76. The van der Waals surface area contributed by atoms with Crippen molar-refractivity contribution in [1.29, 1.82) is 0 Å². The van der Waals surface area contributed by atoms with Crippen molar-refractivity contribution in [3.63, 3.8) is 0 Å². The maximum atomic E-state index is 12.7. The van der Waals surface area contributed by atoms with Crippen LogP contribution in [0.1, 0.15) is 70.6 Å². The number of carbonyl (C=O) groups excluding carboxylic acids is 2. The van der Waals surface area contributed by atoms with Crippen molar-refractivity contribution >= 4 is 11.8 Å². The van der Waals surface area contributed by atoms with Crippen LogP contribution in [0.15, 0.2) is 0 Å². The van der Waals surface area contributed by atoms with Crippen molar-refractivity contribution < 1.29 is 14.3 Å². The van der Waals surface area contributed by atoms with Gasteiger partial charge in [-0.1, -0.05) is 19.3 Å². The van der Waals surface area contributed by atoms with E-state index in [0.29, 0.717) is 30.9 Å². The van der Waals surface area contributed by atoms with Crippen LogP contribution in [-0.2, 0) is 14.3 Å². The quantitative estimate of drug-likeness (QED) is 0.721. The molecule has 2 amide bonds. The first-order valence-electron chi connectivity index (χ1n) is 11.3. The monoisotopic (exact) mass is 393 g/mol. The van der Waals surface area contributed by atoms with Gasteiger partial charge >= 0.3 is 0 Å². The van der Waals surface area contributed by atoms with Gasteiger partial charge in [0.1, 0.15) is 0 Å². The molecule has 3 rings (SSSR count). The average Bonchev–Trinajstić information content (AvgIpc) is 2.73. The van der Waals surface area contributed by atoms with E-state index in [1.807, 2.05) is 0 Å². The molecule has 1 atom stereocenters. The molecule has 6 nitrogen and oxygen atoms in total. The van der Waals surface area contributed by atoms with Crippen LogP contribution in [0.5, 0.6) is 0 Å². The highest BCUT2D eigenvalue weighted by molar-refractivity contribution is 5.81.